The molecule has 11 heteroatoms. The van der Waals surface area contributed by atoms with Crippen molar-refractivity contribution in [1.82, 2.24) is 29.5 Å². The highest BCUT2D eigenvalue weighted by atomic mass is 32.1. The minimum absolute atomic E-state index is 0.146. The van der Waals surface area contributed by atoms with Crippen molar-refractivity contribution in [2.45, 2.75) is 66.6 Å². The summed E-state index contributed by atoms with van der Waals surface area (Å²) in [5.41, 5.74) is 2.62. The lowest BCUT2D eigenvalue weighted by molar-refractivity contribution is -0.127. The van der Waals surface area contributed by atoms with Crippen LogP contribution in [0.5, 0.6) is 0 Å². The summed E-state index contributed by atoms with van der Waals surface area (Å²) < 4.78 is 3.72. The van der Waals surface area contributed by atoms with Crippen LogP contribution in [0.15, 0.2) is 60.4 Å². The van der Waals surface area contributed by atoms with Gasteiger partial charge in [-0.1, -0.05) is 46.8 Å². The molecule has 1 aromatic carbocycles. The molecule has 1 saturated heterocycles. The van der Waals surface area contributed by atoms with E-state index in [-0.39, 0.29) is 28.8 Å². The van der Waals surface area contributed by atoms with Gasteiger partial charge in [-0.2, -0.15) is 10.4 Å². The summed E-state index contributed by atoms with van der Waals surface area (Å²) in [7, 11) is 0. The standard InChI is InChI=1S/C33H40N8O2S/c1-22(2)19-35-20-23-9-10-27-26(16-23)37-32(38-30(42)28-11-12-29(44-28)41-15-7-13-36-41)40(27)21-25-8-6-14-39(25)31(43)24(18-34)17-33(3,4)5/h7,9-13,15-17,22,25,35H,6,8,14,19-21H2,1-5H3,(H,37,38,42). The van der Waals surface area contributed by atoms with Gasteiger partial charge in [-0.25, -0.2) is 9.67 Å². The second-order valence-corrected chi connectivity index (χ2v) is 13.8. The number of aromatic nitrogens is 4. The highest BCUT2D eigenvalue weighted by Gasteiger charge is 2.32. The molecule has 230 valence electrons. The van der Waals surface area contributed by atoms with Crippen molar-refractivity contribution in [1.29, 1.82) is 5.26 Å². The van der Waals surface area contributed by atoms with Crippen LogP contribution in [0, 0.1) is 22.7 Å². The minimum Gasteiger partial charge on any atom is -0.333 e. The Bertz CT molecular complexity index is 1700. The lowest BCUT2D eigenvalue weighted by atomic mass is 9.93. The number of hydrogen-bond donors (Lipinski definition) is 2. The zero-order chi connectivity index (χ0) is 31.4. The fourth-order valence-corrected chi connectivity index (χ4v) is 6.28. The van der Waals surface area contributed by atoms with E-state index in [4.69, 9.17) is 4.98 Å². The number of carbonyl (C=O) groups is 2. The second kappa shape index (κ2) is 13.2. The lowest BCUT2D eigenvalue weighted by Crippen LogP contribution is -2.39. The van der Waals surface area contributed by atoms with Gasteiger partial charge in [-0.3, -0.25) is 14.9 Å². The third-order valence-electron chi connectivity index (χ3n) is 7.43. The van der Waals surface area contributed by atoms with Crippen molar-refractivity contribution in [3.05, 3.63) is 70.9 Å². The highest BCUT2D eigenvalue weighted by molar-refractivity contribution is 7.16. The van der Waals surface area contributed by atoms with Crippen LogP contribution in [0.1, 0.15) is 62.7 Å². The molecule has 1 fully saturated rings. The molecule has 1 atom stereocenters. The van der Waals surface area contributed by atoms with Crippen LogP contribution < -0.4 is 10.6 Å². The van der Waals surface area contributed by atoms with Crippen LogP contribution in [0.4, 0.5) is 5.95 Å². The van der Waals surface area contributed by atoms with Crippen LogP contribution in [0.3, 0.4) is 0 Å². The van der Waals surface area contributed by atoms with Gasteiger partial charge < -0.3 is 14.8 Å². The van der Waals surface area contributed by atoms with E-state index in [9.17, 15) is 14.9 Å². The number of nitrogens with one attached hydrogen (secondary N) is 2. The largest absolute Gasteiger partial charge is 0.333 e. The first-order valence-electron chi connectivity index (χ1n) is 15.1. The van der Waals surface area contributed by atoms with Gasteiger partial charge in [-0.15, -0.1) is 11.3 Å². The van der Waals surface area contributed by atoms with Crippen molar-refractivity contribution < 1.29 is 9.59 Å². The van der Waals surface area contributed by atoms with E-state index in [0.717, 1.165) is 47.5 Å². The maximum atomic E-state index is 13.5. The Kier molecular flexibility index (Phi) is 9.32. The average Bonchev–Trinajstić information content (AvgIpc) is 3.78. The number of anilines is 1. The normalized spacial score (nSPS) is 15.7. The van der Waals surface area contributed by atoms with Crippen molar-refractivity contribution in [3.8, 4) is 11.1 Å². The molecule has 4 aromatic rings. The fraction of sp³-hybridized carbons (Fsp3) is 0.424. The molecular weight excluding hydrogens is 572 g/mol. The number of nitrogens with zero attached hydrogens (tertiary/aromatic N) is 6. The molecule has 0 radical (unpaired) electrons. The zero-order valence-corrected chi connectivity index (χ0v) is 26.8. The molecule has 0 saturated carbocycles. The van der Waals surface area contributed by atoms with Crippen molar-refractivity contribution >= 4 is 40.1 Å². The number of thiophene rings is 1. The van der Waals surface area contributed by atoms with Gasteiger partial charge in [-0.05, 0) is 66.6 Å². The topological polar surface area (TPSA) is 121 Å². The maximum absolute atomic E-state index is 13.5. The molecule has 1 unspecified atom stereocenters. The van der Waals surface area contributed by atoms with E-state index in [1.54, 1.807) is 27.9 Å². The minimum atomic E-state index is -0.297. The number of carbonyl (C=O) groups excluding carboxylic acids is 2. The maximum Gasteiger partial charge on any atom is 0.268 e. The first kappa shape index (κ1) is 31.2. The quantitative estimate of drug-likeness (QED) is 0.173. The Morgan fingerprint density at radius 2 is 2.05 bits per heavy atom. The van der Waals surface area contributed by atoms with E-state index in [1.165, 1.54) is 11.3 Å². The number of amides is 2. The summed E-state index contributed by atoms with van der Waals surface area (Å²) in [6.45, 7) is 12.9. The van der Waals surface area contributed by atoms with E-state index in [0.29, 0.717) is 29.8 Å². The van der Waals surface area contributed by atoms with Gasteiger partial charge in [0.05, 0.1) is 22.0 Å². The summed E-state index contributed by atoms with van der Waals surface area (Å²) in [6.07, 6.45) is 6.92. The van der Waals surface area contributed by atoms with Crippen LogP contribution in [0.2, 0.25) is 0 Å². The zero-order valence-electron chi connectivity index (χ0n) is 26.0. The third kappa shape index (κ3) is 7.26. The number of allylic oxidation sites excluding steroid dienone is 1. The molecule has 4 heterocycles. The van der Waals surface area contributed by atoms with Crippen LogP contribution >= 0.6 is 11.3 Å². The molecule has 44 heavy (non-hydrogen) atoms. The third-order valence-corrected chi connectivity index (χ3v) is 8.50. The number of nitriles is 1. The number of hydrogen-bond acceptors (Lipinski definition) is 7. The van der Waals surface area contributed by atoms with E-state index in [2.05, 4.69) is 41.7 Å². The van der Waals surface area contributed by atoms with Gasteiger partial charge in [0.15, 0.2) is 0 Å². The Morgan fingerprint density at radius 3 is 2.75 bits per heavy atom. The molecular formula is C33H40N8O2S. The predicted octanol–water partition coefficient (Wildman–Crippen LogP) is 5.77. The molecule has 0 bridgehead atoms. The van der Waals surface area contributed by atoms with Crippen molar-refractivity contribution in [3.63, 3.8) is 0 Å². The van der Waals surface area contributed by atoms with Gasteiger partial charge in [0.25, 0.3) is 11.8 Å². The van der Waals surface area contributed by atoms with Crippen molar-refractivity contribution in [2.24, 2.45) is 11.3 Å². The van der Waals surface area contributed by atoms with Crippen LogP contribution in [0.25, 0.3) is 16.0 Å². The molecule has 5 rings (SSSR count). The Morgan fingerprint density at radius 1 is 1.23 bits per heavy atom. The predicted molar refractivity (Wildman–Crippen MR) is 174 cm³/mol. The van der Waals surface area contributed by atoms with Gasteiger partial charge in [0, 0.05) is 32.0 Å². The Labute approximate surface area is 262 Å². The SMILES string of the molecule is CC(C)CNCc1ccc2c(c1)nc(NC(=O)c1ccc(-n3cccn3)s1)n2CC1CCCN1C(=O)C(C#N)=CC(C)(C)C. The van der Waals surface area contributed by atoms with Gasteiger partial charge in [0.1, 0.15) is 16.6 Å². The van der Waals surface area contributed by atoms with Gasteiger partial charge in [0.2, 0.25) is 5.95 Å². The van der Waals surface area contributed by atoms with E-state index in [1.807, 2.05) is 55.8 Å². The average molecular weight is 613 g/mol. The smallest absolute Gasteiger partial charge is 0.268 e. The number of likely N-dealkylation sites (tertiary alicyclic amines) is 1. The molecule has 0 spiro atoms. The lowest BCUT2D eigenvalue weighted by Gasteiger charge is -2.26. The summed E-state index contributed by atoms with van der Waals surface area (Å²) >= 11 is 1.35. The molecule has 2 amide bonds. The first-order valence-corrected chi connectivity index (χ1v) is 15.9. The highest BCUT2D eigenvalue weighted by Crippen LogP contribution is 2.29. The second-order valence-electron chi connectivity index (χ2n) is 12.8. The summed E-state index contributed by atoms with van der Waals surface area (Å²) in [6, 6.07) is 13.6. The van der Waals surface area contributed by atoms with Crippen LogP contribution in [-0.4, -0.2) is 55.2 Å². The summed E-state index contributed by atoms with van der Waals surface area (Å²) in [4.78, 5) is 34.2. The Balaban J connectivity index is 1.45. The first-order chi connectivity index (χ1) is 21.0. The van der Waals surface area contributed by atoms with E-state index < -0.39 is 0 Å². The molecule has 1 aliphatic rings. The molecule has 3 aromatic heterocycles. The number of rotatable bonds is 10. The van der Waals surface area contributed by atoms with E-state index >= 15 is 0 Å². The summed E-state index contributed by atoms with van der Waals surface area (Å²) in [5, 5.41) is 21.4. The number of benzene rings is 1. The molecule has 0 aliphatic carbocycles. The van der Waals surface area contributed by atoms with Gasteiger partial charge >= 0.3 is 0 Å². The Hall–Kier alpha value is -4.27. The van der Waals surface area contributed by atoms with Crippen LogP contribution in [-0.2, 0) is 17.9 Å². The number of imidazole rings is 1. The molecule has 1 aliphatic heterocycles. The molecule has 10 nitrogen and oxygen atoms in total. The van der Waals surface area contributed by atoms with Crippen molar-refractivity contribution in [2.75, 3.05) is 18.4 Å². The monoisotopic (exact) mass is 612 g/mol. The fourth-order valence-electron chi connectivity index (χ4n) is 5.44. The molecule has 2 N–H and O–H groups in total. The summed E-state index contributed by atoms with van der Waals surface area (Å²) in [5.74, 6) is 0.463. The number of fused-ring (bicyclic) bond motifs is 1.